The average molecular weight is 530 g/mol. The third-order valence-electron chi connectivity index (χ3n) is 6.76. The molecule has 0 aliphatic carbocycles. The first kappa shape index (κ1) is 28.7. The summed E-state index contributed by atoms with van der Waals surface area (Å²) >= 11 is 0. The molecule has 0 spiro atoms. The molecule has 1 heterocycles. The van der Waals surface area contributed by atoms with Crippen molar-refractivity contribution in [2.45, 2.75) is 69.9 Å². The van der Waals surface area contributed by atoms with Crippen LogP contribution in [-0.2, 0) is 32.6 Å². The van der Waals surface area contributed by atoms with Gasteiger partial charge in [-0.1, -0.05) is 37.6 Å². The molecular weight excluding hydrogens is 490 g/mol. The maximum atomic E-state index is 13.3. The molecule has 3 rings (SSSR count). The van der Waals surface area contributed by atoms with Crippen LogP contribution < -0.4 is 10.1 Å². The number of nitrogens with one attached hydrogen (secondary N) is 1. The molecule has 0 aromatic heterocycles. The zero-order valence-corrected chi connectivity index (χ0v) is 22.9. The quantitative estimate of drug-likeness (QED) is 0.399. The highest BCUT2D eigenvalue weighted by molar-refractivity contribution is 7.89. The molecule has 202 valence electrons. The lowest BCUT2D eigenvalue weighted by Crippen LogP contribution is -2.47. The number of amides is 2. The largest absolute Gasteiger partial charge is 0.497 e. The number of nitrogens with zero attached hydrogens (tertiary/aromatic N) is 2. The molecule has 1 aliphatic rings. The number of methoxy groups -OCH3 is 1. The Balaban J connectivity index is 1.68. The second-order valence-corrected chi connectivity index (χ2v) is 11.4. The fourth-order valence-corrected chi connectivity index (χ4v) is 5.86. The maximum Gasteiger partial charge on any atom is 0.243 e. The van der Waals surface area contributed by atoms with Crippen LogP contribution in [0.4, 0.5) is 0 Å². The number of benzene rings is 2. The first-order chi connectivity index (χ1) is 17.8. The van der Waals surface area contributed by atoms with Crippen molar-refractivity contribution in [3.63, 3.8) is 0 Å². The summed E-state index contributed by atoms with van der Waals surface area (Å²) in [6.07, 6.45) is 4.30. The van der Waals surface area contributed by atoms with Crippen LogP contribution in [-0.4, -0.2) is 62.2 Å². The molecule has 2 aromatic carbocycles. The molecule has 1 aliphatic heterocycles. The predicted molar refractivity (Wildman–Crippen MR) is 144 cm³/mol. The minimum absolute atomic E-state index is 0.136. The van der Waals surface area contributed by atoms with E-state index in [4.69, 9.17) is 4.74 Å². The van der Waals surface area contributed by atoms with Gasteiger partial charge in [0.2, 0.25) is 21.8 Å². The van der Waals surface area contributed by atoms with Crippen LogP contribution in [0.5, 0.6) is 5.75 Å². The Morgan fingerprint density at radius 3 is 2.24 bits per heavy atom. The van der Waals surface area contributed by atoms with Crippen molar-refractivity contribution >= 4 is 21.8 Å². The molecule has 1 atom stereocenters. The highest BCUT2D eigenvalue weighted by Gasteiger charge is 2.28. The summed E-state index contributed by atoms with van der Waals surface area (Å²) in [5.41, 5.74) is 1.78. The van der Waals surface area contributed by atoms with Gasteiger partial charge in [0, 0.05) is 32.6 Å². The van der Waals surface area contributed by atoms with Gasteiger partial charge in [0.05, 0.1) is 12.0 Å². The van der Waals surface area contributed by atoms with E-state index in [1.54, 1.807) is 43.2 Å². The Kier molecular flexibility index (Phi) is 10.5. The van der Waals surface area contributed by atoms with Crippen LogP contribution in [0.1, 0.15) is 57.1 Å². The van der Waals surface area contributed by atoms with Gasteiger partial charge < -0.3 is 15.0 Å². The van der Waals surface area contributed by atoms with Crippen LogP contribution in [0.3, 0.4) is 0 Å². The topological polar surface area (TPSA) is 96.0 Å². The summed E-state index contributed by atoms with van der Waals surface area (Å²) in [6, 6.07) is 13.6. The van der Waals surface area contributed by atoms with E-state index in [0.29, 0.717) is 32.6 Å². The van der Waals surface area contributed by atoms with Gasteiger partial charge in [-0.2, -0.15) is 4.31 Å². The average Bonchev–Trinajstić information content (AvgIpc) is 3.47. The number of ether oxygens (including phenoxy) is 1. The number of hydrogen-bond donors (Lipinski definition) is 1. The van der Waals surface area contributed by atoms with Gasteiger partial charge in [0.25, 0.3) is 0 Å². The van der Waals surface area contributed by atoms with Crippen molar-refractivity contribution in [2.24, 2.45) is 0 Å². The van der Waals surface area contributed by atoms with E-state index in [0.717, 1.165) is 42.6 Å². The normalized spacial score (nSPS) is 14.8. The lowest BCUT2D eigenvalue weighted by Gasteiger charge is -2.29. The number of unbranched alkanes of at least 4 members (excludes halogenated alkanes) is 1. The summed E-state index contributed by atoms with van der Waals surface area (Å²) in [7, 11) is -1.87. The van der Waals surface area contributed by atoms with Gasteiger partial charge in [-0.25, -0.2) is 8.42 Å². The fourth-order valence-electron chi connectivity index (χ4n) is 4.35. The lowest BCUT2D eigenvalue weighted by molar-refractivity contribution is -0.140. The third-order valence-corrected chi connectivity index (χ3v) is 8.68. The van der Waals surface area contributed by atoms with Gasteiger partial charge in [0.15, 0.2) is 0 Å². The molecule has 37 heavy (non-hydrogen) atoms. The summed E-state index contributed by atoms with van der Waals surface area (Å²) < 4.78 is 32.3. The van der Waals surface area contributed by atoms with E-state index < -0.39 is 16.1 Å². The Hall–Kier alpha value is -2.91. The Bertz CT molecular complexity index is 1130. The van der Waals surface area contributed by atoms with E-state index >= 15 is 0 Å². The van der Waals surface area contributed by atoms with Crippen molar-refractivity contribution in [1.82, 2.24) is 14.5 Å². The second-order valence-electron chi connectivity index (χ2n) is 9.45. The van der Waals surface area contributed by atoms with Gasteiger partial charge in [0.1, 0.15) is 11.8 Å². The molecule has 2 amide bonds. The van der Waals surface area contributed by atoms with Gasteiger partial charge in [-0.3, -0.25) is 9.59 Å². The molecule has 0 radical (unpaired) electrons. The van der Waals surface area contributed by atoms with Crippen molar-refractivity contribution in [3.8, 4) is 5.75 Å². The minimum Gasteiger partial charge on any atom is -0.497 e. The lowest BCUT2D eigenvalue weighted by atomic mass is 10.1. The molecule has 1 N–H and O–H groups in total. The smallest absolute Gasteiger partial charge is 0.243 e. The molecule has 1 fully saturated rings. The first-order valence-corrected chi connectivity index (χ1v) is 14.5. The molecule has 1 saturated heterocycles. The van der Waals surface area contributed by atoms with Crippen LogP contribution in [0.25, 0.3) is 0 Å². The highest BCUT2D eigenvalue weighted by atomic mass is 32.2. The standard InChI is InChI=1S/C28H39N3O5S/c1-4-5-18-29-28(33)22(2)31(21-24-8-13-25(36-3)14-9-24)27(32)17-12-23-10-15-26(16-11-23)37(34,35)30-19-6-7-20-30/h8-11,13-16,22H,4-7,12,17-21H2,1-3H3,(H,29,33)/t22-/m0/s1. The van der Waals surface area contributed by atoms with Gasteiger partial charge in [-0.05, 0) is 68.0 Å². The number of aryl methyl sites for hydroxylation is 1. The highest BCUT2D eigenvalue weighted by Crippen LogP contribution is 2.22. The molecule has 0 unspecified atom stereocenters. The summed E-state index contributed by atoms with van der Waals surface area (Å²) in [5, 5.41) is 2.93. The van der Waals surface area contributed by atoms with Crippen molar-refractivity contribution in [1.29, 1.82) is 0 Å². The number of carbonyl (C=O) groups excluding carboxylic acids is 2. The summed E-state index contributed by atoms with van der Waals surface area (Å²) in [6.45, 7) is 5.82. The van der Waals surface area contributed by atoms with Crippen LogP contribution in [0, 0.1) is 0 Å². The van der Waals surface area contributed by atoms with E-state index in [9.17, 15) is 18.0 Å². The fraction of sp³-hybridized carbons (Fsp3) is 0.500. The monoisotopic (exact) mass is 529 g/mol. The number of carbonyl (C=O) groups is 2. The maximum absolute atomic E-state index is 13.3. The van der Waals surface area contributed by atoms with Crippen molar-refractivity contribution < 1.29 is 22.7 Å². The van der Waals surface area contributed by atoms with E-state index in [-0.39, 0.29) is 23.1 Å². The number of hydrogen-bond acceptors (Lipinski definition) is 5. The van der Waals surface area contributed by atoms with Crippen LogP contribution in [0.2, 0.25) is 0 Å². The molecule has 0 saturated carbocycles. The molecule has 9 heteroatoms. The number of sulfonamides is 1. The second kappa shape index (κ2) is 13.6. The first-order valence-electron chi connectivity index (χ1n) is 13.1. The Morgan fingerprint density at radius 2 is 1.65 bits per heavy atom. The molecule has 0 bridgehead atoms. The van der Waals surface area contributed by atoms with Crippen molar-refractivity contribution in [3.05, 3.63) is 59.7 Å². The van der Waals surface area contributed by atoms with Gasteiger partial charge >= 0.3 is 0 Å². The zero-order chi connectivity index (χ0) is 26.8. The zero-order valence-electron chi connectivity index (χ0n) is 22.1. The van der Waals surface area contributed by atoms with Gasteiger partial charge in [-0.15, -0.1) is 0 Å². The third kappa shape index (κ3) is 7.79. The van der Waals surface area contributed by atoms with Crippen LogP contribution in [0.15, 0.2) is 53.4 Å². The summed E-state index contributed by atoms with van der Waals surface area (Å²) in [5.74, 6) is 0.414. The molecule has 8 nitrogen and oxygen atoms in total. The SMILES string of the molecule is CCCCNC(=O)[C@H](C)N(Cc1ccc(OC)cc1)C(=O)CCc1ccc(S(=O)(=O)N2CCCC2)cc1. The van der Waals surface area contributed by atoms with E-state index in [1.165, 1.54) is 4.31 Å². The predicted octanol–water partition coefficient (Wildman–Crippen LogP) is 3.75. The Labute approximate surface area is 221 Å². The van der Waals surface area contributed by atoms with Crippen molar-refractivity contribution in [2.75, 3.05) is 26.7 Å². The number of rotatable bonds is 13. The molecular formula is C28H39N3O5S. The van der Waals surface area contributed by atoms with E-state index in [1.807, 2.05) is 24.3 Å². The van der Waals surface area contributed by atoms with E-state index in [2.05, 4.69) is 12.2 Å². The molecule has 2 aromatic rings. The summed E-state index contributed by atoms with van der Waals surface area (Å²) in [4.78, 5) is 28.0. The minimum atomic E-state index is -3.47. The van der Waals surface area contributed by atoms with Crippen LogP contribution >= 0.6 is 0 Å². The Morgan fingerprint density at radius 1 is 1.03 bits per heavy atom.